The maximum Gasteiger partial charge on any atom is 0.308 e. The van der Waals surface area contributed by atoms with Crippen LogP contribution in [0.3, 0.4) is 0 Å². The first-order valence-electron chi connectivity index (χ1n) is 6.57. The fraction of sp³-hybridized carbons (Fsp3) is 0.400. The molecule has 0 spiro atoms. The summed E-state index contributed by atoms with van der Waals surface area (Å²) in [4.78, 5) is 34.0. The van der Waals surface area contributed by atoms with E-state index < -0.39 is 11.9 Å². The first-order valence-corrected chi connectivity index (χ1v) is 6.57. The van der Waals surface area contributed by atoms with Gasteiger partial charge in [-0.25, -0.2) is 0 Å². The highest BCUT2D eigenvalue weighted by molar-refractivity contribution is 5.97. The van der Waals surface area contributed by atoms with Gasteiger partial charge < -0.3 is 10.4 Å². The molecule has 1 aromatic rings. The summed E-state index contributed by atoms with van der Waals surface area (Å²) in [6.45, 7) is 3.46. The molecule has 1 atom stereocenters. The van der Waals surface area contributed by atoms with Crippen LogP contribution in [0.15, 0.2) is 24.3 Å². The molecule has 2 N–H and O–H groups in total. The molecule has 1 aromatic carbocycles. The quantitative estimate of drug-likeness (QED) is 0.748. The molecule has 1 rings (SSSR count). The fourth-order valence-electron chi connectivity index (χ4n) is 1.84. The van der Waals surface area contributed by atoms with Crippen LogP contribution in [0, 0.1) is 5.92 Å². The van der Waals surface area contributed by atoms with E-state index in [9.17, 15) is 14.4 Å². The van der Waals surface area contributed by atoms with Gasteiger partial charge in [-0.15, -0.1) is 0 Å². The minimum absolute atomic E-state index is 0.0640. The molecule has 0 saturated heterocycles. The molecule has 0 aromatic heterocycles. The Bertz CT molecular complexity index is 493. The third kappa shape index (κ3) is 4.50. The van der Waals surface area contributed by atoms with Crippen LogP contribution in [0.1, 0.15) is 47.4 Å². The minimum atomic E-state index is -0.904. The summed E-state index contributed by atoms with van der Waals surface area (Å²) in [5.74, 6) is -1.87. The van der Waals surface area contributed by atoms with Crippen molar-refractivity contribution in [2.24, 2.45) is 5.92 Å². The molecule has 0 aliphatic rings. The average molecular weight is 277 g/mol. The summed E-state index contributed by atoms with van der Waals surface area (Å²) in [6, 6.07) is 6.28. The van der Waals surface area contributed by atoms with E-state index in [-0.39, 0.29) is 18.2 Å². The molecule has 5 heteroatoms. The van der Waals surface area contributed by atoms with Crippen molar-refractivity contribution in [3.8, 4) is 0 Å². The van der Waals surface area contributed by atoms with Crippen molar-refractivity contribution in [2.45, 2.75) is 26.7 Å². The summed E-state index contributed by atoms with van der Waals surface area (Å²) < 4.78 is 0. The van der Waals surface area contributed by atoms with Crippen molar-refractivity contribution < 1.29 is 19.5 Å². The lowest BCUT2D eigenvalue weighted by Crippen LogP contribution is -2.32. The Morgan fingerprint density at radius 3 is 2.15 bits per heavy atom. The van der Waals surface area contributed by atoms with Crippen LogP contribution >= 0.6 is 0 Å². The van der Waals surface area contributed by atoms with E-state index in [1.54, 1.807) is 24.3 Å². The van der Waals surface area contributed by atoms with Crippen LogP contribution in [0.5, 0.6) is 0 Å². The highest BCUT2D eigenvalue weighted by Gasteiger charge is 2.17. The predicted molar refractivity (Wildman–Crippen MR) is 74.8 cm³/mol. The van der Waals surface area contributed by atoms with Crippen molar-refractivity contribution in [2.75, 3.05) is 6.54 Å². The topological polar surface area (TPSA) is 83.5 Å². The summed E-state index contributed by atoms with van der Waals surface area (Å²) in [5, 5.41) is 11.6. The second-order valence-electron chi connectivity index (χ2n) is 4.67. The summed E-state index contributed by atoms with van der Waals surface area (Å²) in [7, 11) is 0. The first-order chi connectivity index (χ1) is 9.45. The molecular weight excluding hydrogens is 258 g/mol. The Hall–Kier alpha value is -2.17. The van der Waals surface area contributed by atoms with E-state index in [0.717, 1.165) is 6.42 Å². The molecule has 1 unspecified atom stereocenters. The van der Waals surface area contributed by atoms with E-state index in [2.05, 4.69) is 5.32 Å². The molecule has 20 heavy (non-hydrogen) atoms. The number of rotatable bonds is 7. The number of carbonyl (C=O) groups is 3. The molecule has 0 saturated carbocycles. The largest absolute Gasteiger partial charge is 0.481 e. The second kappa shape index (κ2) is 7.43. The lowest BCUT2D eigenvalue weighted by atomic mass is 10.0. The number of hydrogen-bond acceptors (Lipinski definition) is 3. The average Bonchev–Trinajstić information content (AvgIpc) is 2.42. The van der Waals surface area contributed by atoms with Crippen LogP contribution in [0.25, 0.3) is 0 Å². The van der Waals surface area contributed by atoms with Gasteiger partial charge in [0.25, 0.3) is 5.91 Å². The highest BCUT2D eigenvalue weighted by atomic mass is 16.4. The van der Waals surface area contributed by atoms with Gasteiger partial charge in [0.05, 0.1) is 5.92 Å². The lowest BCUT2D eigenvalue weighted by molar-refractivity contribution is -0.141. The van der Waals surface area contributed by atoms with Crippen molar-refractivity contribution in [1.82, 2.24) is 5.32 Å². The number of hydrogen-bond donors (Lipinski definition) is 2. The number of amides is 1. The van der Waals surface area contributed by atoms with E-state index in [0.29, 0.717) is 17.5 Å². The van der Waals surface area contributed by atoms with Gasteiger partial charge in [-0.3, -0.25) is 14.4 Å². The van der Waals surface area contributed by atoms with Crippen LogP contribution in [0.2, 0.25) is 0 Å². The second-order valence-corrected chi connectivity index (χ2v) is 4.67. The monoisotopic (exact) mass is 277 g/mol. The molecule has 0 bridgehead atoms. The van der Waals surface area contributed by atoms with Crippen molar-refractivity contribution in [3.63, 3.8) is 0 Å². The molecule has 0 aliphatic carbocycles. The fourth-order valence-corrected chi connectivity index (χ4v) is 1.84. The van der Waals surface area contributed by atoms with Crippen molar-refractivity contribution in [1.29, 1.82) is 0 Å². The van der Waals surface area contributed by atoms with E-state index >= 15 is 0 Å². The third-order valence-electron chi connectivity index (χ3n) is 3.05. The number of benzene rings is 1. The number of Topliss-reactive ketones (excluding diaryl/α,β-unsaturated/α-hetero) is 1. The summed E-state index contributed by atoms with van der Waals surface area (Å²) >= 11 is 0. The Kier molecular flexibility index (Phi) is 5.90. The van der Waals surface area contributed by atoms with Crippen LogP contribution in [-0.4, -0.2) is 29.3 Å². The number of aliphatic carboxylic acids is 1. The normalized spacial score (nSPS) is 11.7. The highest BCUT2D eigenvalue weighted by Crippen LogP contribution is 2.08. The van der Waals surface area contributed by atoms with E-state index in [4.69, 9.17) is 5.11 Å². The maximum atomic E-state index is 11.9. The van der Waals surface area contributed by atoms with Gasteiger partial charge in [0.15, 0.2) is 5.78 Å². The Morgan fingerprint density at radius 2 is 1.70 bits per heavy atom. The molecule has 0 fully saturated rings. The summed E-state index contributed by atoms with van der Waals surface area (Å²) in [6.07, 6.45) is 1.28. The van der Waals surface area contributed by atoms with Crippen LogP contribution < -0.4 is 5.32 Å². The Labute approximate surface area is 118 Å². The molecule has 0 heterocycles. The van der Waals surface area contributed by atoms with Gasteiger partial charge in [0, 0.05) is 17.7 Å². The zero-order valence-corrected chi connectivity index (χ0v) is 11.7. The minimum Gasteiger partial charge on any atom is -0.481 e. The number of ketones is 1. The Balaban J connectivity index is 2.62. The van der Waals surface area contributed by atoms with Gasteiger partial charge in [-0.2, -0.15) is 0 Å². The van der Waals surface area contributed by atoms with Crippen LogP contribution in [0.4, 0.5) is 0 Å². The standard InChI is InChI=1S/C15H19NO4/c1-3-4-13(15(19)20)9-16-14(18)12-7-5-11(6-8-12)10(2)17/h5-8,13H,3-4,9H2,1-2H3,(H,16,18)(H,19,20). The predicted octanol–water partition coefficient (Wildman–Crippen LogP) is 2.12. The molecular formula is C15H19NO4. The number of carboxylic acids is 1. The number of carbonyl (C=O) groups excluding carboxylic acids is 2. The Morgan fingerprint density at radius 1 is 1.15 bits per heavy atom. The smallest absolute Gasteiger partial charge is 0.308 e. The molecule has 5 nitrogen and oxygen atoms in total. The number of nitrogens with one attached hydrogen (secondary N) is 1. The van der Waals surface area contributed by atoms with Crippen molar-refractivity contribution in [3.05, 3.63) is 35.4 Å². The van der Waals surface area contributed by atoms with E-state index in [1.165, 1.54) is 6.92 Å². The first kappa shape index (κ1) is 15.9. The van der Waals surface area contributed by atoms with Crippen LogP contribution in [-0.2, 0) is 4.79 Å². The number of carboxylic acid groups (broad SMARTS) is 1. The molecule has 108 valence electrons. The van der Waals surface area contributed by atoms with Gasteiger partial charge in [-0.1, -0.05) is 25.5 Å². The van der Waals surface area contributed by atoms with Gasteiger partial charge >= 0.3 is 5.97 Å². The van der Waals surface area contributed by atoms with Crippen molar-refractivity contribution >= 4 is 17.7 Å². The molecule has 0 radical (unpaired) electrons. The SMILES string of the molecule is CCCC(CNC(=O)c1ccc(C(C)=O)cc1)C(=O)O. The lowest BCUT2D eigenvalue weighted by Gasteiger charge is -2.12. The zero-order valence-electron chi connectivity index (χ0n) is 11.7. The van der Waals surface area contributed by atoms with Gasteiger partial charge in [-0.05, 0) is 25.5 Å². The molecule has 0 aliphatic heterocycles. The van der Waals surface area contributed by atoms with E-state index in [1.807, 2.05) is 6.92 Å². The van der Waals surface area contributed by atoms with Gasteiger partial charge in [0.1, 0.15) is 0 Å². The summed E-state index contributed by atoms with van der Waals surface area (Å²) in [5.41, 5.74) is 0.951. The molecule has 1 amide bonds. The van der Waals surface area contributed by atoms with Gasteiger partial charge in [0.2, 0.25) is 0 Å². The maximum absolute atomic E-state index is 11.9. The third-order valence-corrected chi connectivity index (χ3v) is 3.05. The zero-order chi connectivity index (χ0) is 15.1.